The number of benzene rings is 1. The molecule has 2 fully saturated rings. The number of amides is 4. The van der Waals surface area contributed by atoms with E-state index in [2.05, 4.69) is 27.9 Å². The van der Waals surface area contributed by atoms with Gasteiger partial charge in [0.05, 0.1) is 16.8 Å². The van der Waals surface area contributed by atoms with E-state index >= 15 is 0 Å². The van der Waals surface area contributed by atoms with Gasteiger partial charge in [-0.3, -0.25) is 19.8 Å². The van der Waals surface area contributed by atoms with Gasteiger partial charge in [-0.05, 0) is 73.1 Å². The van der Waals surface area contributed by atoms with Gasteiger partial charge < -0.3 is 9.47 Å². The van der Waals surface area contributed by atoms with Crippen LogP contribution in [0.1, 0.15) is 45.1 Å². The normalized spacial score (nSPS) is 19.3. The summed E-state index contributed by atoms with van der Waals surface area (Å²) in [5.74, 6) is -0.0293. The van der Waals surface area contributed by atoms with Crippen molar-refractivity contribution >= 4 is 46.5 Å². The molecule has 1 saturated heterocycles. The Kier molecular flexibility index (Phi) is 6.58. The zero-order chi connectivity index (χ0) is 20.3. The Morgan fingerprint density at radius 2 is 1.82 bits per heavy atom. The molecule has 1 aliphatic heterocycles. The van der Waals surface area contributed by atoms with E-state index in [-0.39, 0.29) is 11.6 Å². The third kappa shape index (κ3) is 4.16. The average molecular weight is 498 g/mol. The van der Waals surface area contributed by atoms with Crippen LogP contribution in [0.3, 0.4) is 0 Å². The second-order valence-corrected chi connectivity index (χ2v) is 7.79. The van der Waals surface area contributed by atoms with Gasteiger partial charge in [0.15, 0.2) is 11.5 Å². The number of hydrogen-bond donors (Lipinski definition) is 1. The van der Waals surface area contributed by atoms with E-state index in [0.717, 1.165) is 29.3 Å². The smallest absolute Gasteiger partial charge is 0.331 e. The van der Waals surface area contributed by atoms with E-state index in [1.54, 1.807) is 6.07 Å². The number of nitrogens with zero attached hydrogens (tertiary/aromatic N) is 1. The minimum absolute atomic E-state index is 0.0473. The number of barbiturate groups is 1. The highest BCUT2D eigenvalue weighted by Crippen LogP contribution is 2.35. The Hall–Kier alpha value is -2.10. The van der Waals surface area contributed by atoms with Crippen molar-refractivity contribution in [1.82, 2.24) is 10.2 Å². The fraction of sp³-hybridized carbons (Fsp3) is 0.450. The van der Waals surface area contributed by atoms with Crippen molar-refractivity contribution in [3.63, 3.8) is 0 Å². The Balaban J connectivity index is 1.97. The molecule has 0 radical (unpaired) electrons. The van der Waals surface area contributed by atoms with Crippen LogP contribution in [0.25, 0.3) is 6.08 Å². The monoisotopic (exact) mass is 498 g/mol. The summed E-state index contributed by atoms with van der Waals surface area (Å²) in [6, 6.07) is 2.78. The first-order valence-corrected chi connectivity index (χ1v) is 10.5. The summed E-state index contributed by atoms with van der Waals surface area (Å²) < 4.78 is 12.1. The minimum atomic E-state index is -0.675. The summed E-state index contributed by atoms with van der Waals surface area (Å²) in [6.45, 7) is 4.72. The van der Waals surface area contributed by atoms with Gasteiger partial charge in [0.25, 0.3) is 11.8 Å². The number of nitrogens with one attached hydrogen (secondary N) is 1. The van der Waals surface area contributed by atoms with E-state index < -0.39 is 17.8 Å². The third-order valence-corrected chi connectivity index (χ3v) is 5.56. The van der Waals surface area contributed by atoms with Gasteiger partial charge in [0.2, 0.25) is 0 Å². The first-order chi connectivity index (χ1) is 13.5. The van der Waals surface area contributed by atoms with Crippen molar-refractivity contribution in [3.8, 4) is 11.5 Å². The lowest BCUT2D eigenvalue weighted by molar-refractivity contribution is -0.131. The number of ether oxygens (including phenoxy) is 2. The average Bonchev–Trinajstić information content (AvgIpc) is 3.16. The van der Waals surface area contributed by atoms with Crippen molar-refractivity contribution in [1.29, 1.82) is 0 Å². The van der Waals surface area contributed by atoms with E-state index in [9.17, 15) is 14.4 Å². The molecule has 0 spiro atoms. The van der Waals surface area contributed by atoms with Crippen LogP contribution in [0.2, 0.25) is 0 Å². The number of hydrogen-bond acceptors (Lipinski definition) is 5. The van der Waals surface area contributed by atoms with Crippen LogP contribution in [0.15, 0.2) is 17.7 Å². The summed E-state index contributed by atoms with van der Waals surface area (Å²) in [4.78, 5) is 38.7. The molecule has 0 aromatic heterocycles. The molecular weight excluding hydrogens is 475 g/mol. The maximum Gasteiger partial charge on any atom is 0.331 e. The molecular formula is C20H23IN2O5. The highest BCUT2D eigenvalue weighted by Gasteiger charge is 2.40. The standard InChI is InChI=1S/C20H23IN2O5/c1-3-27-16-11-12(10-15(21)17(16)28-4-2)9-14-18(24)22-20(26)23(19(14)25)13-7-5-6-8-13/h9-11,13H,3-8H2,1-2H3,(H,22,24,26)/b14-9+. The number of halogens is 1. The van der Waals surface area contributed by atoms with Crippen molar-refractivity contribution in [2.45, 2.75) is 45.6 Å². The first-order valence-electron chi connectivity index (χ1n) is 9.46. The zero-order valence-corrected chi connectivity index (χ0v) is 18.1. The van der Waals surface area contributed by atoms with E-state index in [1.165, 1.54) is 11.0 Å². The van der Waals surface area contributed by atoms with Crippen LogP contribution in [0.5, 0.6) is 11.5 Å². The zero-order valence-electron chi connectivity index (χ0n) is 15.9. The van der Waals surface area contributed by atoms with Gasteiger partial charge in [-0.1, -0.05) is 12.8 Å². The molecule has 1 N–H and O–H groups in total. The van der Waals surface area contributed by atoms with Gasteiger partial charge in [0.1, 0.15) is 5.57 Å². The quantitative estimate of drug-likeness (QED) is 0.369. The molecule has 7 nitrogen and oxygen atoms in total. The second kappa shape index (κ2) is 8.93. The molecule has 1 aromatic rings. The predicted octanol–water partition coefficient (Wildman–Crippen LogP) is 3.49. The molecule has 0 unspecified atom stereocenters. The topological polar surface area (TPSA) is 84.9 Å². The van der Waals surface area contributed by atoms with E-state index in [4.69, 9.17) is 9.47 Å². The van der Waals surface area contributed by atoms with Crippen LogP contribution >= 0.6 is 22.6 Å². The Labute approximate surface area is 177 Å². The molecule has 150 valence electrons. The molecule has 1 aliphatic carbocycles. The molecule has 2 aliphatic rings. The van der Waals surface area contributed by atoms with Crippen molar-refractivity contribution in [2.24, 2.45) is 0 Å². The molecule has 8 heteroatoms. The van der Waals surface area contributed by atoms with Crippen molar-refractivity contribution < 1.29 is 23.9 Å². The second-order valence-electron chi connectivity index (χ2n) is 6.63. The Bertz CT molecular complexity index is 830. The summed E-state index contributed by atoms with van der Waals surface area (Å²) in [5.41, 5.74) is 0.587. The molecule has 1 saturated carbocycles. The number of imide groups is 2. The van der Waals surface area contributed by atoms with Crippen molar-refractivity contribution in [2.75, 3.05) is 13.2 Å². The number of rotatable bonds is 6. The van der Waals surface area contributed by atoms with Gasteiger partial charge in [-0.25, -0.2) is 4.79 Å². The lowest BCUT2D eigenvalue weighted by Gasteiger charge is -2.31. The van der Waals surface area contributed by atoms with Crippen LogP contribution in [-0.2, 0) is 9.59 Å². The number of carbonyl (C=O) groups is 3. The molecule has 3 rings (SSSR count). The molecule has 0 atom stereocenters. The van der Waals surface area contributed by atoms with Gasteiger partial charge in [-0.2, -0.15) is 0 Å². The number of carbonyl (C=O) groups excluding carboxylic acids is 3. The molecule has 0 bridgehead atoms. The fourth-order valence-electron chi connectivity index (χ4n) is 3.55. The van der Waals surface area contributed by atoms with Crippen LogP contribution in [0, 0.1) is 3.57 Å². The Morgan fingerprint density at radius 3 is 2.46 bits per heavy atom. The first kappa shape index (κ1) is 20.6. The van der Waals surface area contributed by atoms with E-state index in [1.807, 2.05) is 19.9 Å². The van der Waals surface area contributed by atoms with Crippen LogP contribution < -0.4 is 14.8 Å². The van der Waals surface area contributed by atoms with Gasteiger partial charge in [0, 0.05) is 6.04 Å². The minimum Gasteiger partial charge on any atom is -0.490 e. The molecule has 4 amide bonds. The van der Waals surface area contributed by atoms with E-state index in [0.29, 0.717) is 30.3 Å². The number of urea groups is 1. The maximum absolute atomic E-state index is 12.9. The molecule has 28 heavy (non-hydrogen) atoms. The summed E-state index contributed by atoms with van der Waals surface area (Å²) >= 11 is 2.13. The fourth-order valence-corrected chi connectivity index (χ4v) is 4.33. The highest BCUT2D eigenvalue weighted by atomic mass is 127. The maximum atomic E-state index is 12.9. The lowest BCUT2D eigenvalue weighted by Crippen LogP contribution is -2.57. The largest absolute Gasteiger partial charge is 0.490 e. The van der Waals surface area contributed by atoms with Crippen LogP contribution in [0.4, 0.5) is 4.79 Å². The summed E-state index contributed by atoms with van der Waals surface area (Å²) in [6.07, 6.45) is 5.01. The third-order valence-electron chi connectivity index (χ3n) is 4.75. The molecule has 1 heterocycles. The predicted molar refractivity (Wildman–Crippen MR) is 112 cm³/mol. The van der Waals surface area contributed by atoms with Gasteiger partial charge >= 0.3 is 6.03 Å². The summed E-state index contributed by atoms with van der Waals surface area (Å²) in [5, 5.41) is 2.29. The lowest BCUT2D eigenvalue weighted by atomic mass is 10.0. The van der Waals surface area contributed by atoms with Crippen molar-refractivity contribution in [3.05, 3.63) is 26.8 Å². The van der Waals surface area contributed by atoms with Crippen LogP contribution in [-0.4, -0.2) is 42.0 Å². The SMILES string of the molecule is CCOc1cc(/C=C2\C(=O)NC(=O)N(C3CCCC3)C2=O)cc(I)c1OCC. The summed E-state index contributed by atoms with van der Waals surface area (Å²) in [7, 11) is 0. The molecule has 1 aromatic carbocycles. The van der Waals surface area contributed by atoms with Gasteiger partial charge in [-0.15, -0.1) is 0 Å². The highest BCUT2D eigenvalue weighted by molar-refractivity contribution is 14.1. The Morgan fingerprint density at radius 1 is 1.14 bits per heavy atom.